The third-order valence-corrected chi connectivity index (χ3v) is 7.94. The summed E-state index contributed by atoms with van der Waals surface area (Å²) in [5.74, 6) is 0. The van der Waals surface area contributed by atoms with Crippen LogP contribution in [-0.4, -0.2) is 17.9 Å². The van der Waals surface area contributed by atoms with Crippen molar-refractivity contribution in [1.29, 1.82) is 0 Å². The van der Waals surface area contributed by atoms with Gasteiger partial charge in [-0.1, -0.05) is 52.2 Å². The molecule has 0 radical (unpaired) electrons. The van der Waals surface area contributed by atoms with Crippen LogP contribution < -0.4 is 0 Å². The minimum absolute atomic E-state index is 0.0757. The molecule has 0 bridgehead atoms. The maximum absolute atomic E-state index is 12.2. The van der Waals surface area contributed by atoms with Crippen molar-refractivity contribution in [3.8, 4) is 0 Å². The predicted molar refractivity (Wildman–Crippen MR) is 67.6 cm³/mol. The van der Waals surface area contributed by atoms with Crippen molar-refractivity contribution in [1.82, 2.24) is 0 Å². The van der Waals surface area contributed by atoms with Crippen molar-refractivity contribution in [2.45, 2.75) is 63.0 Å². The lowest BCUT2D eigenvalue weighted by atomic mass is 10.3. The molecule has 0 spiro atoms. The van der Waals surface area contributed by atoms with Gasteiger partial charge >= 0.3 is 0 Å². The first kappa shape index (κ1) is 12.3. The molecule has 0 aromatic heterocycles. The van der Waals surface area contributed by atoms with Crippen molar-refractivity contribution >= 4 is 25.0 Å². The van der Waals surface area contributed by atoms with E-state index in [2.05, 4.69) is 40.4 Å². The molecule has 0 unspecified atom stereocenters. The average Bonchev–Trinajstić information content (AvgIpc) is 2.56. The zero-order chi connectivity index (χ0) is 11.2. The Morgan fingerprint density at radius 2 is 1.64 bits per heavy atom. The van der Waals surface area contributed by atoms with Crippen molar-refractivity contribution in [3.63, 3.8) is 0 Å². The second-order valence-corrected chi connectivity index (χ2v) is 13.6. The standard InChI is InChI=1S/C11H22OSSi/c1-10(2,3)13-9(12)11(7-8-11)14(4,5)6/h7-8H2,1-6H3. The van der Waals surface area contributed by atoms with E-state index >= 15 is 0 Å². The molecule has 0 heterocycles. The van der Waals surface area contributed by atoms with E-state index in [1.165, 1.54) is 0 Å². The Kier molecular flexibility index (Phi) is 2.97. The van der Waals surface area contributed by atoms with E-state index in [-0.39, 0.29) is 9.79 Å². The quantitative estimate of drug-likeness (QED) is 0.669. The number of rotatable bonds is 2. The number of carbonyl (C=O) groups is 1. The Balaban J connectivity index is 2.72. The van der Waals surface area contributed by atoms with Gasteiger partial charge in [-0.05, 0) is 12.8 Å². The molecule has 1 aliphatic carbocycles. The molecule has 0 aromatic rings. The van der Waals surface area contributed by atoms with E-state index < -0.39 is 8.07 Å². The number of thioether (sulfide) groups is 1. The van der Waals surface area contributed by atoms with Crippen LogP contribution >= 0.6 is 11.8 Å². The molecule has 0 aromatic carbocycles. The first-order valence-corrected chi connectivity index (χ1v) is 9.64. The highest BCUT2D eigenvalue weighted by Gasteiger charge is 2.58. The van der Waals surface area contributed by atoms with E-state index in [1.807, 2.05) is 0 Å². The second-order valence-electron chi connectivity index (χ2n) is 6.33. The fourth-order valence-electron chi connectivity index (χ4n) is 1.76. The lowest BCUT2D eigenvalue weighted by molar-refractivity contribution is -0.111. The van der Waals surface area contributed by atoms with Crippen LogP contribution in [0.2, 0.25) is 24.7 Å². The topological polar surface area (TPSA) is 17.1 Å². The van der Waals surface area contributed by atoms with Crippen LogP contribution in [0.15, 0.2) is 0 Å². The van der Waals surface area contributed by atoms with E-state index in [0.29, 0.717) is 5.12 Å². The summed E-state index contributed by atoms with van der Waals surface area (Å²) in [6.45, 7) is 13.3. The van der Waals surface area contributed by atoms with Crippen LogP contribution in [0, 0.1) is 0 Å². The zero-order valence-electron chi connectivity index (χ0n) is 10.2. The SMILES string of the molecule is CC(C)(C)SC(=O)C1([Si](C)(C)C)CC1. The molecule has 0 amide bonds. The van der Waals surface area contributed by atoms with Crippen LogP contribution in [-0.2, 0) is 4.79 Å². The Morgan fingerprint density at radius 3 is 1.86 bits per heavy atom. The Morgan fingerprint density at radius 1 is 1.21 bits per heavy atom. The second kappa shape index (κ2) is 3.37. The molecule has 82 valence electrons. The molecule has 1 nitrogen and oxygen atoms in total. The van der Waals surface area contributed by atoms with E-state index in [1.54, 1.807) is 11.8 Å². The summed E-state index contributed by atoms with van der Waals surface area (Å²) in [6, 6.07) is 0. The summed E-state index contributed by atoms with van der Waals surface area (Å²) in [4.78, 5) is 12.2. The van der Waals surface area contributed by atoms with E-state index in [0.717, 1.165) is 12.8 Å². The van der Waals surface area contributed by atoms with E-state index in [4.69, 9.17) is 0 Å². The summed E-state index contributed by atoms with van der Waals surface area (Å²) in [7, 11) is -1.31. The molecule has 0 aliphatic heterocycles. The third kappa shape index (κ3) is 2.43. The predicted octanol–water partition coefficient (Wildman–Crippen LogP) is 3.92. The first-order chi connectivity index (χ1) is 6.08. The maximum Gasteiger partial charge on any atom is 0.192 e. The number of hydrogen-bond donors (Lipinski definition) is 0. The van der Waals surface area contributed by atoms with Crippen molar-refractivity contribution in [2.75, 3.05) is 0 Å². The van der Waals surface area contributed by atoms with Crippen LogP contribution in [0.25, 0.3) is 0 Å². The summed E-state index contributed by atoms with van der Waals surface area (Å²) < 4.78 is 0.0757. The van der Waals surface area contributed by atoms with Crippen molar-refractivity contribution in [3.05, 3.63) is 0 Å². The van der Waals surface area contributed by atoms with Gasteiger partial charge in [-0.2, -0.15) is 0 Å². The van der Waals surface area contributed by atoms with Crippen LogP contribution in [0.4, 0.5) is 0 Å². The van der Waals surface area contributed by atoms with Gasteiger partial charge in [0, 0.05) is 9.79 Å². The fourth-order valence-corrected chi connectivity index (χ4v) is 6.03. The van der Waals surface area contributed by atoms with Gasteiger partial charge in [0.25, 0.3) is 0 Å². The third-order valence-electron chi connectivity index (χ3n) is 2.98. The van der Waals surface area contributed by atoms with Crippen molar-refractivity contribution < 1.29 is 4.79 Å². The molecule has 0 saturated heterocycles. The van der Waals surface area contributed by atoms with Gasteiger partial charge in [0.15, 0.2) is 5.12 Å². The molecular formula is C11H22OSSi. The number of hydrogen-bond acceptors (Lipinski definition) is 2. The molecule has 0 atom stereocenters. The summed E-state index contributed by atoms with van der Waals surface area (Å²) in [6.07, 6.45) is 2.29. The molecule has 3 heteroatoms. The summed E-state index contributed by atoms with van der Waals surface area (Å²) >= 11 is 1.55. The molecule has 1 fully saturated rings. The molecule has 1 saturated carbocycles. The largest absolute Gasteiger partial charge is 0.287 e. The maximum atomic E-state index is 12.2. The molecule has 14 heavy (non-hydrogen) atoms. The van der Waals surface area contributed by atoms with Crippen LogP contribution in [0.3, 0.4) is 0 Å². The normalized spacial score (nSPS) is 20.7. The lowest BCUT2D eigenvalue weighted by Crippen LogP contribution is -2.35. The fraction of sp³-hybridized carbons (Fsp3) is 0.909. The molecule has 1 aliphatic rings. The molecule has 0 N–H and O–H groups in total. The van der Waals surface area contributed by atoms with Crippen LogP contribution in [0.5, 0.6) is 0 Å². The first-order valence-electron chi connectivity index (χ1n) is 5.32. The summed E-state index contributed by atoms with van der Waals surface area (Å²) in [5, 5.41) is 0.578. The zero-order valence-corrected chi connectivity index (χ0v) is 12.0. The lowest BCUT2D eigenvalue weighted by Gasteiger charge is -2.29. The van der Waals surface area contributed by atoms with Gasteiger partial charge in [-0.15, -0.1) is 0 Å². The highest BCUT2D eigenvalue weighted by atomic mass is 32.2. The van der Waals surface area contributed by atoms with Crippen molar-refractivity contribution in [2.24, 2.45) is 0 Å². The van der Waals surface area contributed by atoms with Gasteiger partial charge in [-0.25, -0.2) is 0 Å². The average molecular weight is 230 g/mol. The van der Waals surface area contributed by atoms with Gasteiger partial charge in [-0.3, -0.25) is 4.79 Å². The Hall–Kier alpha value is 0.237. The monoisotopic (exact) mass is 230 g/mol. The van der Waals surface area contributed by atoms with Gasteiger partial charge in [0.2, 0.25) is 0 Å². The van der Waals surface area contributed by atoms with Gasteiger partial charge < -0.3 is 0 Å². The van der Waals surface area contributed by atoms with Crippen LogP contribution in [0.1, 0.15) is 33.6 Å². The van der Waals surface area contributed by atoms with E-state index in [9.17, 15) is 4.79 Å². The Labute approximate surface area is 93.0 Å². The highest BCUT2D eigenvalue weighted by Crippen LogP contribution is 2.63. The molecule has 1 rings (SSSR count). The minimum Gasteiger partial charge on any atom is -0.287 e. The number of carbonyl (C=O) groups excluding carboxylic acids is 1. The van der Waals surface area contributed by atoms with Gasteiger partial charge in [0.1, 0.15) is 0 Å². The highest BCUT2D eigenvalue weighted by molar-refractivity contribution is 8.15. The molecular weight excluding hydrogens is 208 g/mol. The smallest absolute Gasteiger partial charge is 0.192 e. The minimum atomic E-state index is -1.31. The summed E-state index contributed by atoms with van der Waals surface area (Å²) in [5.41, 5.74) is 0. The Bertz CT molecular complexity index is 243. The van der Waals surface area contributed by atoms with Gasteiger partial charge in [0.05, 0.1) is 8.07 Å².